The molecular weight excluding hydrogens is 184 g/mol. The SMILES string of the molecule is O=C(CC[N-][N+](=O)[O-])c1ccccc1. The molecule has 0 aliphatic carbocycles. The van der Waals surface area contributed by atoms with Crippen molar-refractivity contribution in [2.45, 2.75) is 6.42 Å². The number of ketones is 1. The van der Waals surface area contributed by atoms with E-state index in [4.69, 9.17) is 0 Å². The zero-order chi connectivity index (χ0) is 10.4. The van der Waals surface area contributed by atoms with Gasteiger partial charge in [-0.15, -0.1) is 0 Å². The Morgan fingerprint density at radius 1 is 1.36 bits per heavy atom. The number of Topliss-reactive ketones (excluding diaryl/α,β-unsaturated/α-hetero) is 1. The van der Waals surface area contributed by atoms with Crippen LogP contribution >= 0.6 is 0 Å². The van der Waals surface area contributed by atoms with Crippen LogP contribution in [-0.4, -0.2) is 17.4 Å². The topological polar surface area (TPSA) is 74.3 Å². The Labute approximate surface area is 80.9 Å². The van der Waals surface area contributed by atoms with Crippen molar-refractivity contribution in [3.8, 4) is 0 Å². The summed E-state index contributed by atoms with van der Waals surface area (Å²) in [7, 11) is 0. The van der Waals surface area contributed by atoms with Crippen LogP contribution in [0.3, 0.4) is 0 Å². The van der Waals surface area contributed by atoms with Gasteiger partial charge in [0.25, 0.3) is 0 Å². The van der Waals surface area contributed by atoms with E-state index in [2.05, 4.69) is 5.43 Å². The van der Waals surface area contributed by atoms with E-state index < -0.39 is 5.03 Å². The van der Waals surface area contributed by atoms with E-state index in [9.17, 15) is 14.9 Å². The highest BCUT2D eigenvalue weighted by atomic mass is 16.7. The van der Waals surface area contributed by atoms with Gasteiger partial charge in [0.2, 0.25) is 0 Å². The molecule has 0 radical (unpaired) electrons. The highest BCUT2D eigenvalue weighted by Gasteiger charge is 2.01. The number of nitrogens with zero attached hydrogens (tertiary/aromatic N) is 2. The molecule has 0 amide bonds. The van der Waals surface area contributed by atoms with E-state index >= 15 is 0 Å². The summed E-state index contributed by atoms with van der Waals surface area (Å²) in [5.74, 6) is -0.129. The fraction of sp³-hybridized carbons (Fsp3) is 0.222. The molecule has 14 heavy (non-hydrogen) atoms. The minimum Gasteiger partial charge on any atom is -0.379 e. The van der Waals surface area contributed by atoms with Crippen molar-refractivity contribution in [2.24, 2.45) is 0 Å². The Kier molecular flexibility index (Phi) is 3.60. The van der Waals surface area contributed by atoms with Crippen LogP contribution in [0, 0.1) is 10.1 Å². The summed E-state index contributed by atoms with van der Waals surface area (Å²) in [6, 6.07) is 8.65. The average molecular weight is 193 g/mol. The third-order valence-electron chi connectivity index (χ3n) is 1.65. The smallest absolute Gasteiger partial charge is 0.161 e. The van der Waals surface area contributed by atoms with Crippen LogP contribution in [0.5, 0.6) is 0 Å². The van der Waals surface area contributed by atoms with Gasteiger partial charge in [-0.3, -0.25) is 14.9 Å². The maximum Gasteiger partial charge on any atom is 0.161 e. The molecule has 1 aromatic carbocycles. The van der Waals surface area contributed by atoms with Gasteiger partial charge in [0.05, 0.1) is 0 Å². The van der Waals surface area contributed by atoms with Crippen LogP contribution < -0.4 is 0 Å². The molecule has 5 nitrogen and oxygen atoms in total. The second kappa shape index (κ2) is 4.96. The number of carbonyl (C=O) groups excluding carboxylic acids is 1. The van der Waals surface area contributed by atoms with E-state index in [1.54, 1.807) is 30.3 Å². The normalized spacial score (nSPS) is 9.43. The summed E-state index contributed by atoms with van der Waals surface area (Å²) in [5, 5.41) is 9.07. The zero-order valence-electron chi connectivity index (χ0n) is 7.42. The molecule has 0 aliphatic rings. The molecule has 0 aromatic heterocycles. The van der Waals surface area contributed by atoms with Crippen LogP contribution in [0.4, 0.5) is 0 Å². The first-order valence-corrected chi connectivity index (χ1v) is 4.10. The Morgan fingerprint density at radius 2 is 2.00 bits per heavy atom. The molecule has 0 saturated carbocycles. The second-order valence-electron chi connectivity index (χ2n) is 2.64. The van der Waals surface area contributed by atoms with Gasteiger partial charge in [-0.05, 0) is 11.5 Å². The van der Waals surface area contributed by atoms with Gasteiger partial charge in [0, 0.05) is 5.56 Å². The Balaban J connectivity index is 2.40. The van der Waals surface area contributed by atoms with Gasteiger partial charge in [0.1, 0.15) is 0 Å². The third-order valence-corrected chi connectivity index (χ3v) is 1.65. The first-order chi connectivity index (χ1) is 6.70. The summed E-state index contributed by atoms with van der Waals surface area (Å²) in [4.78, 5) is 21.2. The Bertz CT molecular complexity index is 324. The molecule has 74 valence electrons. The van der Waals surface area contributed by atoms with Crippen molar-refractivity contribution in [1.82, 2.24) is 0 Å². The standard InChI is InChI=1S/C9H9N2O3/c12-9(6-7-10-11(13)14)8-4-2-1-3-5-8/h1-5H,6-7H2/q-1. The number of benzene rings is 1. The lowest BCUT2D eigenvalue weighted by Gasteiger charge is -2.07. The molecule has 0 fully saturated rings. The quantitative estimate of drug-likeness (QED) is 0.406. The van der Waals surface area contributed by atoms with Crippen LogP contribution in [0.25, 0.3) is 5.43 Å². The summed E-state index contributed by atoms with van der Waals surface area (Å²) < 4.78 is 0. The largest absolute Gasteiger partial charge is 0.379 e. The minimum absolute atomic E-state index is 0.0687. The van der Waals surface area contributed by atoms with Crippen molar-refractivity contribution in [3.63, 3.8) is 0 Å². The predicted octanol–water partition coefficient (Wildman–Crippen LogP) is 1.82. The number of nitro groups is 1. The van der Waals surface area contributed by atoms with Gasteiger partial charge in [-0.25, -0.2) is 0 Å². The first kappa shape index (κ1) is 10.2. The first-order valence-electron chi connectivity index (χ1n) is 4.10. The van der Waals surface area contributed by atoms with Gasteiger partial charge >= 0.3 is 0 Å². The highest BCUT2D eigenvalue weighted by Crippen LogP contribution is 2.04. The van der Waals surface area contributed by atoms with E-state index in [-0.39, 0.29) is 18.7 Å². The van der Waals surface area contributed by atoms with Crippen molar-refractivity contribution in [2.75, 3.05) is 6.54 Å². The minimum atomic E-state index is -0.779. The van der Waals surface area contributed by atoms with Crippen LogP contribution in [0.1, 0.15) is 16.8 Å². The second-order valence-corrected chi connectivity index (χ2v) is 2.64. The molecule has 0 N–H and O–H groups in total. The van der Waals surface area contributed by atoms with Crippen molar-refractivity contribution < 1.29 is 9.83 Å². The fourth-order valence-electron chi connectivity index (χ4n) is 1.00. The summed E-state index contributed by atoms with van der Waals surface area (Å²) >= 11 is 0. The highest BCUT2D eigenvalue weighted by molar-refractivity contribution is 5.96. The number of hydrogen-bond acceptors (Lipinski definition) is 3. The van der Waals surface area contributed by atoms with Crippen molar-refractivity contribution >= 4 is 5.78 Å². The molecular formula is C9H9N2O3-. The number of carbonyl (C=O) groups is 1. The molecule has 0 aliphatic heterocycles. The lowest BCUT2D eigenvalue weighted by atomic mass is 10.1. The summed E-state index contributed by atoms with van der Waals surface area (Å²) in [5.41, 5.74) is 3.55. The van der Waals surface area contributed by atoms with E-state index in [0.717, 1.165) is 0 Å². The van der Waals surface area contributed by atoms with Crippen molar-refractivity contribution in [1.29, 1.82) is 0 Å². The monoisotopic (exact) mass is 193 g/mol. The fourth-order valence-corrected chi connectivity index (χ4v) is 1.00. The predicted molar refractivity (Wildman–Crippen MR) is 50.6 cm³/mol. The third kappa shape index (κ3) is 3.22. The van der Waals surface area contributed by atoms with Crippen LogP contribution in [0.15, 0.2) is 30.3 Å². The van der Waals surface area contributed by atoms with E-state index in [1.807, 2.05) is 0 Å². The van der Waals surface area contributed by atoms with E-state index in [0.29, 0.717) is 5.56 Å². The molecule has 0 heterocycles. The number of rotatable bonds is 5. The molecule has 0 saturated heterocycles. The van der Waals surface area contributed by atoms with Gasteiger partial charge in [-0.1, -0.05) is 36.9 Å². The van der Waals surface area contributed by atoms with Crippen LogP contribution in [-0.2, 0) is 0 Å². The maximum absolute atomic E-state index is 11.3. The Hall–Kier alpha value is -1.91. The summed E-state index contributed by atoms with van der Waals surface area (Å²) in [6.07, 6.45) is 0.0744. The van der Waals surface area contributed by atoms with E-state index in [1.165, 1.54) is 0 Å². The van der Waals surface area contributed by atoms with Gasteiger partial charge in [-0.2, -0.15) is 0 Å². The molecule has 0 bridgehead atoms. The van der Waals surface area contributed by atoms with Gasteiger partial charge in [0.15, 0.2) is 5.78 Å². The number of hydrogen-bond donors (Lipinski definition) is 0. The lowest BCUT2D eigenvalue weighted by molar-refractivity contribution is -0.426. The molecule has 0 atom stereocenters. The Morgan fingerprint density at radius 3 is 2.57 bits per heavy atom. The van der Waals surface area contributed by atoms with Crippen LogP contribution in [0.2, 0.25) is 0 Å². The van der Waals surface area contributed by atoms with Gasteiger partial charge < -0.3 is 5.43 Å². The average Bonchev–Trinajstić information content (AvgIpc) is 2.18. The van der Waals surface area contributed by atoms with Crippen molar-refractivity contribution in [3.05, 3.63) is 51.4 Å². The molecule has 0 spiro atoms. The zero-order valence-corrected chi connectivity index (χ0v) is 7.42. The maximum atomic E-state index is 11.3. The summed E-state index contributed by atoms with van der Waals surface area (Å²) in [6.45, 7) is -0.0687. The lowest BCUT2D eigenvalue weighted by Crippen LogP contribution is -2.03. The molecule has 5 heteroatoms. The molecule has 1 aromatic rings. The molecule has 0 unspecified atom stereocenters. The molecule has 1 rings (SSSR count).